The smallest absolute Gasteiger partial charge is 0.205 e. The minimum Gasteiger partial charge on any atom is -0.463 e. The number of piperidine rings is 1. The van der Waals surface area contributed by atoms with E-state index in [2.05, 4.69) is 10.2 Å². The van der Waals surface area contributed by atoms with Gasteiger partial charge in [-0.25, -0.2) is 0 Å². The number of unbranched alkanes of at least 4 members (excludes halogenated alkanes) is 6. The van der Waals surface area contributed by atoms with Crippen molar-refractivity contribution >= 4 is 0 Å². The summed E-state index contributed by atoms with van der Waals surface area (Å²) in [6.07, 6.45) is 13.0. The molecule has 0 radical (unpaired) electrons. The number of hydrogen-bond acceptors (Lipinski definition) is 5. The van der Waals surface area contributed by atoms with Gasteiger partial charge >= 0.3 is 0 Å². The van der Waals surface area contributed by atoms with Gasteiger partial charge in [0.25, 0.3) is 0 Å². The predicted molar refractivity (Wildman–Crippen MR) is 126 cm³/mol. The summed E-state index contributed by atoms with van der Waals surface area (Å²) in [7, 11) is 0. The van der Waals surface area contributed by atoms with Crippen molar-refractivity contribution in [1.82, 2.24) is 10.2 Å². The van der Waals surface area contributed by atoms with E-state index in [0.717, 1.165) is 23.4 Å². The molecule has 2 aliphatic rings. The van der Waals surface area contributed by atoms with Crippen LogP contribution in [0, 0.1) is 0 Å². The molecule has 0 amide bonds. The lowest BCUT2D eigenvalue weighted by Crippen LogP contribution is -2.35. The van der Waals surface area contributed by atoms with E-state index in [0.29, 0.717) is 13.2 Å². The molecule has 176 valence electrons. The molecule has 2 aliphatic heterocycles. The maximum absolute atomic E-state index is 10.5. The monoisotopic (exact) mass is 432 g/mol. The molecule has 0 spiro atoms. The first-order chi connectivity index (χ1) is 15.0. The number of rotatable bonds is 13. The van der Waals surface area contributed by atoms with Crippen molar-refractivity contribution in [3.05, 3.63) is 29.3 Å². The molecule has 1 fully saturated rings. The standard InChI is InChI=1S/C26H44N2O3/c1-26(2)30-21-23-19-22(13-14-25(23)31-26)24(29)20-27-15-9-6-4-3-5-7-10-16-28-17-11-8-12-18-28/h13-14,19,24,27,29H,3-12,15-18,20-21H2,1-2H3. The second-order valence-corrected chi connectivity index (χ2v) is 9.75. The zero-order valence-electron chi connectivity index (χ0n) is 19.8. The Labute approximate surface area is 189 Å². The SMILES string of the molecule is CC1(C)OCc2cc(C(O)CNCCCCCCCCCN3CCCCC3)ccc2O1. The highest BCUT2D eigenvalue weighted by Crippen LogP contribution is 2.32. The van der Waals surface area contributed by atoms with Crippen molar-refractivity contribution in [1.29, 1.82) is 0 Å². The molecule has 2 N–H and O–H groups in total. The van der Waals surface area contributed by atoms with Crippen LogP contribution in [0.3, 0.4) is 0 Å². The highest BCUT2D eigenvalue weighted by Gasteiger charge is 2.27. The maximum Gasteiger partial charge on any atom is 0.205 e. The molecular formula is C26H44N2O3. The molecule has 1 aromatic rings. The van der Waals surface area contributed by atoms with Gasteiger partial charge in [-0.2, -0.15) is 0 Å². The summed E-state index contributed by atoms with van der Waals surface area (Å²) < 4.78 is 11.5. The average molecular weight is 433 g/mol. The number of nitrogens with one attached hydrogen (secondary N) is 1. The first kappa shape index (κ1) is 24.5. The fraction of sp³-hybridized carbons (Fsp3) is 0.769. The van der Waals surface area contributed by atoms with E-state index >= 15 is 0 Å². The minimum atomic E-state index is -0.582. The zero-order valence-corrected chi connectivity index (χ0v) is 19.8. The number of ether oxygens (including phenoxy) is 2. The van der Waals surface area contributed by atoms with Crippen molar-refractivity contribution in [2.24, 2.45) is 0 Å². The van der Waals surface area contributed by atoms with Gasteiger partial charge in [0.15, 0.2) is 0 Å². The van der Waals surface area contributed by atoms with Crippen LogP contribution in [0.15, 0.2) is 18.2 Å². The largest absolute Gasteiger partial charge is 0.463 e. The molecule has 5 nitrogen and oxygen atoms in total. The van der Waals surface area contributed by atoms with Crippen molar-refractivity contribution in [3.8, 4) is 5.75 Å². The number of likely N-dealkylation sites (tertiary alicyclic amines) is 1. The Morgan fingerprint density at radius 2 is 1.71 bits per heavy atom. The van der Waals surface area contributed by atoms with Crippen LogP contribution in [0.4, 0.5) is 0 Å². The van der Waals surface area contributed by atoms with Crippen LogP contribution in [-0.2, 0) is 11.3 Å². The molecule has 1 atom stereocenters. The molecule has 1 aromatic carbocycles. The molecule has 5 heteroatoms. The number of benzene rings is 1. The van der Waals surface area contributed by atoms with Crippen molar-refractivity contribution < 1.29 is 14.6 Å². The van der Waals surface area contributed by atoms with Gasteiger partial charge in [0.05, 0.1) is 12.7 Å². The maximum atomic E-state index is 10.5. The Morgan fingerprint density at radius 1 is 1.00 bits per heavy atom. The lowest BCUT2D eigenvalue weighted by molar-refractivity contribution is -0.180. The van der Waals surface area contributed by atoms with Crippen molar-refractivity contribution in [2.75, 3.05) is 32.7 Å². The second-order valence-electron chi connectivity index (χ2n) is 9.75. The summed E-state index contributed by atoms with van der Waals surface area (Å²) in [6, 6.07) is 5.91. The lowest BCUT2D eigenvalue weighted by atomic mass is 10.0. The second kappa shape index (κ2) is 12.8. The topological polar surface area (TPSA) is 54.0 Å². The normalized spacial score (nSPS) is 19.6. The Balaban J connectivity index is 1.18. The number of nitrogens with zero attached hydrogens (tertiary/aromatic N) is 1. The zero-order chi connectivity index (χ0) is 21.9. The highest BCUT2D eigenvalue weighted by molar-refractivity contribution is 5.39. The van der Waals surface area contributed by atoms with Gasteiger partial charge in [0.2, 0.25) is 5.79 Å². The van der Waals surface area contributed by atoms with Gasteiger partial charge in [0.1, 0.15) is 5.75 Å². The predicted octanol–water partition coefficient (Wildman–Crippen LogP) is 5.17. The summed E-state index contributed by atoms with van der Waals surface area (Å²) in [5.41, 5.74) is 1.93. The van der Waals surface area contributed by atoms with E-state index in [1.165, 1.54) is 83.8 Å². The number of hydrogen-bond donors (Lipinski definition) is 2. The third kappa shape index (κ3) is 8.72. The van der Waals surface area contributed by atoms with Gasteiger partial charge in [-0.05, 0) is 69.6 Å². The van der Waals surface area contributed by atoms with Crippen LogP contribution in [0.5, 0.6) is 5.75 Å². The molecule has 0 aromatic heterocycles. The number of aliphatic hydroxyl groups excluding tert-OH is 1. The van der Waals surface area contributed by atoms with Crippen LogP contribution in [0.25, 0.3) is 0 Å². The van der Waals surface area contributed by atoms with Gasteiger partial charge in [-0.3, -0.25) is 0 Å². The summed E-state index contributed by atoms with van der Waals surface area (Å²) in [4.78, 5) is 2.65. The molecule has 1 unspecified atom stereocenters. The molecule has 2 heterocycles. The van der Waals surface area contributed by atoms with Crippen LogP contribution < -0.4 is 10.1 Å². The van der Waals surface area contributed by atoms with E-state index in [9.17, 15) is 5.11 Å². The van der Waals surface area contributed by atoms with Crippen molar-refractivity contribution in [3.63, 3.8) is 0 Å². The van der Waals surface area contributed by atoms with E-state index in [1.54, 1.807) is 0 Å². The summed E-state index contributed by atoms with van der Waals surface area (Å²) >= 11 is 0. The molecule has 31 heavy (non-hydrogen) atoms. The third-order valence-electron chi connectivity index (χ3n) is 6.51. The van der Waals surface area contributed by atoms with E-state index in [1.807, 2.05) is 32.0 Å². The molecule has 0 bridgehead atoms. The lowest BCUT2D eigenvalue weighted by Gasteiger charge is -2.33. The van der Waals surface area contributed by atoms with Crippen molar-refractivity contribution in [2.45, 2.75) is 96.6 Å². The fourth-order valence-corrected chi connectivity index (χ4v) is 4.57. The van der Waals surface area contributed by atoms with E-state index in [-0.39, 0.29) is 0 Å². The Bertz CT molecular complexity index is 644. The van der Waals surface area contributed by atoms with Crippen LogP contribution in [-0.4, -0.2) is 48.5 Å². The summed E-state index contributed by atoms with van der Waals surface area (Å²) in [5.74, 6) is 0.272. The first-order valence-corrected chi connectivity index (χ1v) is 12.6. The third-order valence-corrected chi connectivity index (χ3v) is 6.51. The summed E-state index contributed by atoms with van der Waals surface area (Å²) in [5, 5.41) is 13.9. The van der Waals surface area contributed by atoms with Crippen LogP contribution >= 0.6 is 0 Å². The molecule has 3 rings (SSSR count). The van der Waals surface area contributed by atoms with Gasteiger partial charge in [-0.1, -0.05) is 44.6 Å². The van der Waals surface area contributed by atoms with Crippen LogP contribution in [0.2, 0.25) is 0 Å². The Kier molecular flexibility index (Phi) is 10.1. The summed E-state index contributed by atoms with van der Waals surface area (Å²) in [6.45, 7) is 9.88. The highest BCUT2D eigenvalue weighted by atomic mass is 16.7. The van der Waals surface area contributed by atoms with Gasteiger partial charge < -0.3 is 24.8 Å². The molecule has 0 saturated carbocycles. The number of aliphatic hydroxyl groups is 1. The van der Waals surface area contributed by atoms with Gasteiger partial charge in [0, 0.05) is 26.0 Å². The average Bonchev–Trinajstić information content (AvgIpc) is 2.77. The van der Waals surface area contributed by atoms with E-state index < -0.39 is 11.9 Å². The van der Waals surface area contributed by atoms with Crippen LogP contribution in [0.1, 0.15) is 95.3 Å². The first-order valence-electron chi connectivity index (χ1n) is 12.6. The quantitative estimate of drug-likeness (QED) is 0.421. The molecule has 1 saturated heterocycles. The van der Waals surface area contributed by atoms with Gasteiger partial charge in [-0.15, -0.1) is 0 Å². The Hall–Kier alpha value is -1.14. The van der Waals surface area contributed by atoms with E-state index in [4.69, 9.17) is 9.47 Å². The molecule has 0 aliphatic carbocycles. The molecular weight excluding hydrogens is 388 g/mol. The number of fused-ring (bicyclic) bond motifs is 1. The fourth-order valence-electron chi connectivity index (χ4n) is 4.57. The Morgan fingerprint density at radius 3 is 2.48 bits per heavy atom. The minimum absolute atomic E-state index is 0.500.